The lowest BCUT2D eigenvalue weighted by molar-refractivity contribution is -0.126. The minimum absolute atomic E-state index is 0.215. The summed E-state index contributed by atoms with van der Waals surface area (Å²) in [6, 6.07) is 0. The van der Waals surface area contributed by atoms with Crippen LogP contribution in [0.25, 0.3) is 0 Å². The van der Waals surface area contributed by atoms with Crippen molar-refractivity contribution in [1.82, 2.24) is 0 Å². The van der Waals surface area contributed by atoms with Gasteiger partial charge in [0.25, 0.3) is 0 Å². The second-order valence-corrected chi connectivity index (χ2v) is 5.95. The molecule has 0 atom stereocenters. The Bertz CT molecular complexity index is 184. The number of hydrogen-bond acceptors (Lipinski definition) is 1. The number of rotatable bonds is 12. The first-order chi connectivity index (χ1) is 8.63. The number of carbonyl (C=O) groups is 1. The van der Waals surface area contributed by atoms with Gasteiger partial charge in [0.05, 0.1) is 0 Å². The molecule has 0 rings (SSSR count). The van der Waals surface area contributed by atoms with Crippen LogP contribution in [0.1, 0.15) is 91.9 Å². The van der Waals surface area contributed by atoms with E-state index in [-0.39, 0.29) is 5.92 Å². The zero-order valence-corrected chi connectivity index (χ0v) is 13.1. The molecular weight excluding hydrogens is 220 g/mol. The van der Waals surface area contributed by atoms with E-state index in [2.05, 4.69) is 13.8 Å². The minimum Gasteiger partial charge on any atom is -0.299 e. The van der Waals surface area contributed by atoms with Crippen LogP contribution in [-0.4, -0.2) is 5.78 Å². The first-order valence-corrected chi connectivity index (χ1v) is 8.17. The van der Waals surface area contributed by atoms with Crippen LogP contribution in [-0.2, 0) is 4.79 Å². The zero-order chi connectivity index (χ0) is 13.8. The van der Waals surface area contributed by atoms with Crippen molar-refractivity contribution in [1.29, 1.82) is 0 Å². The second kappa shape index (κ2) is 11.7. The highest BCUT2D eigenvalue weighted by atomic mass is 16.1. The molecule has 0 aliphatic heterocycles. The zero-order valence-electron chi connectivity index (χ0n) is 13.1. The highest BCUT2D eigenvalue weighted by Gasteiger charge is 2.20. The Balaban J connectivity index is 3.96. The van der Waals surface area contributed by atoms with Gasteiger partial charge < -0.3 is 0 Å². The summed E-state index contributed by atoms with van der Waals surface area (Å²) in [4.78, 5) is 12.2. The molecule has 0 spiro atoms. The lowest BCUT2D eigenvalue weighted by Gasteiger charge is -2.17. The van der Waals surface area contributed by atoms with E-state index in [9.17, 15) is 4.79 Å². The lowest BCUT2D eigenvalue weighted by atomic mass is 9.86. The van der Waals surface area contributed by atoms with Crippen LogP contribution in [0.15, 0.2) is 0 Å². The molecule has 108 valence electrons. The van der Waals surface area contributed by atoms with Crippen LogP contribution >= 0.6 is 0 Å². The molecular formula is C17H34O. The average Bonchev–Trinajstić information content (AvgIpc) is 2.36. The molecule has 0 bridgehead atoms. The summed E-state index contributed by atoms with van der Waals surface area (Å²) >= 11 is 0. The van der Waals surface area contributed by atoms with E-state index in [1.165, 1.54) is 51.4 Å². The standard InChI is InChI=1S/C17H34O/c1-5-7-9-11-13-16(17(18)15(3)4)14-12-10-8-6-2/h15-16H,5-14H2,1-4H3. The minimum atomic E-state index is 0.215. The molecule has 0 aromatic rings. The normalized spacial score (nSPS) is 11.4. The first kappa shape index (κ1) is 17.7. The van der Waals surface area contributed by atoms with Gasteiger partial charge >= 0.3 is 0 Å². The van der Waals surface area contributed by atoms with Crippen molar-refractivity contribution >= 4 is 5.78 Å². The fourth-order valence-electron chi connectivity index (χ4n) is 2.54. The molecule has 0 amide bonds. The summed E-state index contributed by atoms with van der Waals surface area (Å²) in [5.74, 6) is 1.06. The average molecular weight is 254 g/mol. The summed E-state index contributed by atoms with van der Waals surface area (Å²) in [7, 11) is 0. The molecule has 1 heteroatoms. The van der Waals surface area contributed by atoms with Crippen molar-refractivity contribution in [2.24, 2.45) is 11.8 Å². The van der Waals surface area contributed by atoms with E-state index in [1.807, 2.05) is 13.8 Å². The Morgan fingerprint density at radius 2 is 1.22 bits per heavy atom. The molecule has 0 aliphatic carbocycles. The lowest BCUT2D eigenvalue weighted by Crippen LogP contribution is -2.20. The number of hydrogen-bond donors (Lipinski definition) is 0. The summed E-state index contributed by atoms with van der Waals surface area (Å²) in [5, 5.41) is 0. The van der Waals surface area contributed by atoms with E-state index in [1.54, 1.807) is 0 Å². The van der Waals surface area contributed by atoms with Gasteiger partial charge in [0.15, 0.2) is 0 Å². The maximum atomic E-state index is 12.2. The predicted octanol–water partition coefficient (Wildman–Crippen LogP) is 5.77. The fourth-order valence-corrected chi connectivity index (χ4v) is 2.54. The van der Waals surface area contributed by atoms with Gasteiger partial charge in [-0.25, -0.2) is 0 Å². The van der Waals surface area contributed by atoms with Gasteiger partial charge in [0.1, 0.15) is 5.78 Å². The predicted molar refractivity (Wildman–Crippen MR) is 80.9 cm³/mol. The molecule has 0 fully saturated rings. The molecule has 0 saturated heterocycles. The number of Topliss-reactive ketones (excluding diaryl/α,β-unsaturated/α-hetero) is 1. The third-order valence-electron chi connectivity index (χ3n) is 3.78. The van der Waals surface area contributed by atoms with Gasteiger partial charge in [0.2, 0.25) is 0 Å². The second-order valence-electron chi connectivity index (χ2n) is 5.95. The van der Waals surface area contributed by atoms with Crippen molar-refractivity contribution in [2.45, 2.75) is 91.9 Å². The Morgan fingerprint density at radius 3 is 1.56 bits per heavy atom. The Kier molecular flexibility index (Phi) is 11.5. The molecule has 0 N–H and O–H groups in total. The summed E-state index contributed by atoms with van der Waals surface area (Å²) in [6.45, 7) is 8.57. The first-order valence-electron chi connectivity index (χ1n) is 8.17. The smallest absolute Gasteiger partial charge is 0.138 e. The van der Waals surface area contributed by atoms with E-state index in [0.717, 1.165) is 12.8 Å². The van der Waals surface area contributed by atoms with E-state index in [4.69, 9.17) is 0 Å². The molecule has 0 heterocycles. The maximum Gasteiger partial charge on any atom is 0.138 e. The van der Waals surface area contributed by atoms with Crippen LogP contribution in [0, 0.1) is 11.8 Å². The van der Waals surface area contributed by atoms with E-state index in [0.29, 0.717) is 11.7 Å². The number of carbonyl (C=O) groups excluding carboxylic acids is 1. The molecule has 0 aromatic heterocycles. The van der Waals surface area contributed by atoms with Crippen LogP contribution < -0.4 is 0 Å². The van der Waals surface area contributed by atoms with Gasteiger partial charge in [-0.15, -0.1) is 0 Å². The fraction of sp³-hybridized carbons (Fsp3) is 0.941. The Labute approximate surface area is 115 Å². The van der Waals surface area contributed by atoms with E-state index < -0.39 is 0 Å². The molecule has 0 saturated carbocycles. The third-order valence-corrected chi connectivity index (χ3v) is 3.78. The molecule has 0 unspecified atom stereocenters. The van der Waals surface area contributed by atoms with Gasteiger partial charge in [0, 0.05) is 11.8 Å². The number of unbranched alkanes of at least 4 members (excludes halogenated alkanes) is 6. The van der Waals surface area contributed by atoms with Crippen molar-refractivity contribution in [2.75, 3.05) is 0 Å². The topological polar surface area (TPSA) is 17.1 Å². The molecule has 1 nitrogen and oxygen atoms in total. The van der Waals surface area contributed by atoms with Gasteiger partial charge in [-0.05, 0) is 12.8 Å². The van der Waals surface area contributed by atoms with Crippen LogP contribution in [0.4, 0.5) is 0 Å². The van der Waals surface area contributed by atoms with Crippen LogP contribution in [0.5, 0.6) is 0 Å². The largest absolute Gasteiger partial charge is 0.299 e. The van der Waals surface area contributed by atoms with Gasteiger partial charge in [-0.3, -0.25) is 4.79 Å². The summed E-state index contributed by atoms with van der Waals surface area (Å²) in [5.41, 5.74) is 0. The number of ketones is 1. The summed E-state index contributed by atoms with van der Waals surface area (Å²) < 4.78 is 0. The Morgan fingerprint density at radius 1 is 0.778 bits per heavy atom. The molecule has 0 aliphatic rings. The SMILES string of the molecule is CCCCCCC(CCCCCC)C(=O)C(C)C. The Hall–Kier alpha value is -0.330. The third kappa shape index (κ3) is 8.72. The van der Waals surface area contributed by atoms with Crippen LogP contribution in [0.3, 0.4) is 0 Å². The highest BCUT2D eigenvalue weighted by molar-refractivity contribution is 5.82. The van der Waals surface area contributed by atoms with Crippen molar-refractivity contribution in [3.8, 4) is 0 Å². The monoisotopic (exact) mass is 254 g/mol. The molecule has 18 heavy (non-hydrogen) atoms. The van der Waals surface area contributed by atoms with E-state index >= 15 is 0 Å². The summed E-state index contributed by atoms with van der Waals surface area (Å²) in [6.07, 6.45) is 12.5. The van der Waals surface area contributed by atoms with Gasteiger partial charge in [-0.2, -0.15) is 0 Å². The van der Waals surface area contributed by atoms with Crippen molar-refractivity contribution in [3.05, 3.63) is 0 Å². The molecule has 0 radical (unpaired) electrons. The van der Waals surface area contributed by atoms with Gasteiger partial charge in [-0.1, -0.05) is 79.1 Å². The maximum absolute atomic E-state index is 12.2. The quantitative estimate of drug-likeness (QED) is 0.404. The van der Waals surface area contributed by atoms with Crippen LogP contribution in [0.2, 0.25) is 0 Å². The van der Waals surface area contributed by atoms with Crippen molar-refractivity contribution < 1.29 is 4.79 Å². The highest BCUT2D eigenvalue weighted by Crippen LogP contribution is 2.22. The van der Waals surface area contributed by atoms with Crippen molar-refractivity contribution in [3.63, 3.8) is 0 Å². The molecule has 0 aromatic carbocycles.